The second-order valence-electron chi connectivity index (χ2n) is 6.18. The van der Waals surface area contributed by atoms with Crippen molar-refractivity contribution in [1.82, 2.24) is 5.32 Å². The van der Waals surface area contributed by atoms with Crippen molar-refractivity contribution in [1.29, 1.82) is 0 Å². The molecule has 2 aromatic rings. The Bertz CT molecular complexity index is 723. The van der Waals surface area contributed by atoms with E-state index in [1.807, 2.05) is 24.3 Å². The molecule has 1 atom stereocenters. The van der Waals surface area contributed by atoms with Crippen molar-refractivity contribution in [3.05, 3.63) is 65.2 Å². The zero-order chi connectivity index (χ0) is 18.9. The Balaban J connectivity index is 1.81. The molecule has 5 heteroatoms. The lowest BCUT2D eigenvalue weighted by molar-refractivity contribution is -0.121. The molecule has 2 rings (SSSR count). The Morgan fingerprint density at radius 2 is 1.73 bits per heavy atom. The molecule has 0 bridgehead atoms. The number of ether oxygens (including phenoxy) is 1. The molecule has 0 saturated heterocycles. The number of benzene rings is 2. The van der Waals surface area contributed by atoms with Crippen molar-refractivity contribution in [3.8, 4) is 5.75 Å². The highest BCUT2D eigenvalue weighted by molar-refractivity contribution is 5.87. The molecular weight excluding hydrogens is 330 g/mol. The summed E-state index contributed by atoms with van der Waals surface area (Å²) < 4.78 is 5.17. The van der Waals surface area contributed by atoms with Gasteiger partial charge in [0.2, 0.25) is 5.91 Å². The van der Waals surface area contributed by atoms with Crippen molar-refractivity contribution in [3.63, 3.8) is 0 Å². The predicted molar refractivity (Wildman–Crippen MR) is 101 cm³/mol. The topological polar surface area (TPSA) is 75.6 Å². The Morgan fingerprint density at radius 3 is 2.27 bits per heavy atom. The van der Waals surface area contributed by atoms with E-state index in [-0.39, 0.29) is 17.4 Å². The Hall–Kier alpha value is -2.82. The van der Waals surface area contributed by atoms with Crippen LogP contribution in [0, 0.1) is 0 Å². The number of carbonyl (C=O) groups is 2. The molecule has 0 radical (unpaired) electrons. The number of hydrogen-bond acceptors (Lipinski definition) is 3. The molecule has 2 aromatic carbocycles. The first-order chi connectivity index (χ1) is 12.5. The summed E-state index contributed by atoms with van der Waals surface area (Å²) in [5, 5.41) is 11.8. The Labute approximate surface area is 154 Å². The lowest BCUT2D eigenvalue weighted by atomic mass is 9.93. The Morgan fingerprint density at radius 1 is 1.08 bits per heavy atom. The second kappa shape index (κ2) is 9.61. The minimum absolute atomic E-state index is 0.0230. The van der Waals surface area contributed by atoms with E-state index in [2.05, 4.69) is 12.2 Å². The van der Waals surface area contributed by atoms with Gasteiger partial charge in [0.1, 0.15) is 5.75 Å². The molecule has 0 aliphatic heterocycles. The van der Waals surface area contributed by atoms with E-state index in [9.17, 15) is 9.59 Å². The fourth-order valence-corrected chi connectivity index (χ4v) is 2.83. The monoisotopic (exact) mass is 355 g/mol. The first-order valence-electron chi connectivity index (χ1n) is 8.76. The summed E-state index contributed by atoms with van der Waals surface area (Å²) in [4.78, 5) is 23.1. The van der Waals surface area contributed by atoms with Gasteiger partial charge in [-0.3, -0.25) is 4.79 Å². The largest absolute Gasteiger partial charge is 0.497 e. The van der Waals surface area contributed by atoms with Crippen LogP contribution in [0.25, 0.3) is 0 Å². The minimum atomic E-state index is -0.936. The van der Waals surface area contributed by atoms with Gasteiger partial charge in [-0.1, -0.05) is 31.2 Å². The molecule has 26 heavy (non-hydrogen) atoms. The highest BCUT2D eigenvalue weighted by Gasteiger charge is 2.14. The Kier molecular flexibility index (Phi) is 7.21. The van der Waals surface area contributed by atoms with Crippen molar-refractivity contribution >= 4 is 11.9 Å². The SMILES string of the molecule is CCC(CC(=O)NCCc1ccc(C(=O)O)cc1)c1ccc(OC)cc1. The molecule has 0 aromatic heterocycles. The third-order valence-electron chi connectivity index (χ3n) is 4.45. The standard InChI is InChI=1S/C21H25NO4/c1-3-16(17-8-10-19(26-2)11-9-17)14-20(23)22-13-12-15-4-6-18(7-5-15)21(24)25/h4-11,16H,3,12-14H2,1-2H3,(H,22,23)(H,24,25). The fraction of sp³-hybridized carbons (Fsp3) is 0.333. The van der Waals surface area contributed by atoms with Gasteiger partial charge in [-0.15, -0.1) is 0 Å². The summed E-state index contributed by atoms with van der Waals surface area (Å²) in [6, 6.07) is 14.6. The van der Waals surface area contributed by atoms with Gasteiger partial charge in [-0.05, 0) is 54.2 Å². The maximum atomic E-state index is 12.2. The van der Waals surface area contributed by atoms with E-state index in [0.717, 1.165) is 23.3 Å². The quantitative estimate of drug-likeness (QED) is 0.720. The molecular formula is C21H25NO4. The van der Waals surface area contributed by atoms with Crippen molar-refractivity contribution in [2.45, 2.75) is 32.1 Å². The van der Waals surface area contributed by atoms with Crippen LogP contribution in [0.15, 0.2) is 48.5 Å². The van der Waals surface area contributed by atoms with E-state index in [0.29, 0.717) is 19.4 Å². The number of carboxylic acid groups (broad SMARTS) is 1. The van der Waals surface area contributed by atoms with E-state index in [4.69, 9.17) is 9.84 Å². The molecule has 0 spiro atoms. The molecule has 1 unspecified atom stereocenters. The van der Waals surface area contributed by atoms with E-state index in [1.54, 1.807) is 31.4 Å². The smallest absolute Gasteiger partial charge is 0.335 e. The third-order valence-corrected chi connectivity index (χ3v) is 4.45. The van der Waals surface area contributed by atoms with Crippen LogP contribution in [0.5, 0.6) is 5.75 Å². The van der Waals surface area contributed by atoms with Gasteiger partial charge >= 0.3 is 5.97 Å². The number of carboxylic acids is 1. The molecule has 0 heterocycles. The third kappa shape index (κ3) is 5.62. The summed E-state index contributed by atoms with van der Waals surface area (Å²) >= 11 is 0. The van der Waals surface area contributed by atoms with Gasteiger partial charge in [0.15, 0.2) is 0 Å². The normalized spacial score (nSPS) is 11.6. The van der Waals surface area contributed by atoms with Gasteiger partial charge in [-0.2, -0.15) is 0 Å². The number of hydrogen-bond donors (Lipinski definition) is 2. The number of nitrogens with one attached hydrogen (secondary N) is 1. The van der Waals surface area contributed by atoms with Gasteiger partial charge in [0, 0.05) is 13.0 Å². The number of methoxy groups -OCH3 is 1. The van der Waals surface area contributed by atoms with E-state index in [1.165, 1.54) is 0 Å². The first-order valence-corrected chi connectivity index (χ1v) is 8.76. The van der Waals surface area contributed by atoms with Crippen LogP contribution in [-0.2, 0) is 11.2 Å². The van der Waals surface area contributed by atoms with Crippen LogP contribution in [0.1, 0.15) is 47.2 Å². The lowest BCUT2D eigenvalue weighted by Crippen LogP contribution is -2.27. The summed E-state index contributed by atoms with van der Waals surface area (Å²) in [6.45, 7) is 2.61. The van der Waals surface area contributed by atoms with Crippen LogP contribution in [-0.4, -0.2) is 30.6 Å². The highest BCUT2D eigenvalue weighted by Crippen LogP contribution is 2.25. The zero-order valence-electron chi connectivity index (χ0n) is 15.2. The van der Waals surface area contributed by atoms with Gasteiger partial charge in [0.05, 0.1) is 12.7 Å². The van der Waals surface area contributed by atoms with Crippen LogP contribution in [0.4, 0.5) is 0 Å². The van der Waals surface area contributed by atoms with E-state index >= 15 is 0 Å². The number of amides is 1. The summed E-state index contributed by atoms with van der Waals surface area (Å²) in [5.41, 5.74) is 2.40. The molecule has 138 valence electrons. The zero-order valence-corrected chi connectivity index (χ0v) is 15.2. The van der Waals surface area contributed by atoms with Gasteiger partial charge in [-0.25, -0.2) is 4.79 Å². The van der Waals surface area contributed by atoms with Crippen LogP contribution >= 0.6 is 0 Å². The second-order valence-corrected chi connectivity index (χ2v) is 6.18. The summed E-state index contributed by atoms with van der Waals surface area (Å²) in [6.07, 6.45) is 2.00. The molecule has 0 aliphatic rings. The number of rotatable bonds is 9. The van der Waals surface area contributed by atoms with Crippen molar-refractivity contribution in [2.24, 2.45) is 0 Å². The maximum Gasteiger partial charge on any atom is 0.335 e. The maximum absolute atomic E-state index is 12.2. The van der Waals surface area contributed by atoms with Crippen LogP contribution in [0.2, 0.25) is 0 Å². The molecule has 1 amide bonds. The van der Waals surface area contributed by atoms with Crippen molar-refractivity contribution < 1.29 is 19.4 Å². The summed E-state index contributed by atoms with van der Waals surface area (Å²) in [5.74, 6) is 0.0709. The lowest BCUT2D eigenvalue weighted by Gasteiger charge is -2.15. The first kappa shape index (κ1) is 19.5. The van der Waals surface area contributed by atoms with Crippen molar-refractivity contribution in [2.75, 3.05) is 13.7 Å². The van der Waals surface area contributed by atoms with Gasteiger partial charge in [0.25, 0.3) is 0 Å². The number of aromatic carboxylic acids is 1. The minimum Gasteiger partial charge on any atom is -0.497 e. The average molecular weight is 355 g/mol. The van der Waals surface area contributed by atoms with Gasteiger partial charge < -0.3 is 15.2 Å². The van der Waals surface area contributed by atoms with Crippen LogP contribution < -0.4 is 10.1 Å². The highest BCUT2D eigenvalue weighted by atomic mass is 16.5. The molecule has 5 nitrogen and oxygen atoms in total. The fourth-order valence-electron chi connectivity index (χ4n) is 2.83. The van der Waals surface area contributed by atoms with Crippen LogP contribution in [0.3, 0.4) is 0 Å². The predicted octanol–water partition coefficient (Wildman–Crippen LogP) is 3.64. The van der Waals surface area contributed by atoms with E-state index < -0.39 is 5.97 Å². The molecule has 0 aliphatic carbocycles. The molecule has 2 N–H and O–H groups in total. The number of carbonyl (C=O) groups excluding carboxylic acids is 1. The summed E-state index contributed by atoms with van der Waals surface area (Å²) in [7, 11) is 1.63. The molecule has 0 fully saturated rings. The molecule has 0 saturated carbocycles. The average Bonchev–Trinajstić information content (AvgIpc) is 2.66.